The molecule has 170 valence electrons. The van der Waals surface area contributed by atoms with Gasteiger partial charge in [0.2, 0.25) is 0 Å². The Bertz CT molecular complexity index is 815. The molecule has 0 N–H and O–H groups in total. The van der Waals surface area contributed by atoms with Crippen LogP contribution in [0.15, 0.2) is 36.4 Å². The summed E-state index contributed by atoms with van der Waals surface area (Å²) in [5.41, 5.74) is 1.96. The molecule has 0 fully saturated rings. The number of carbonyl (C=O) groups is 1. The van der Waals surface area contributed by atoms with E-state index in [4.69, 9.17) is 14.2 Å². The molecule has 0 aliphatic heterocycles. The van der Waals surface area contributed by atoms with Crippen LogP contribution in [0, 0.1) is 0 Å². The van der Waals surface area contributed by atoms with Gasteiger partial charge in [0.1, 0.15) is 5.75 Å². The van der Waals surface area contributed by atoms with E-state index in [9.17, 15) is 4.79 Å². The standard InChI is InChI=1S/C26H36O4P.Li/c1-7-14-28-21-17-22(29-15-8-2)24(23(18-21)30-16-9-3)31-25(27)19-10-12-20(13-11-19)26(4,5)6;/h10-13,17-18H,7-9,14-16H2,1-6H3;/q-1;+1. The molecule has 32 heavy (non-hydrogen) atoms. The fourth-order valence-corrected chi connectivity index (χ4v) is 3.85. The van der Waals surface area contributed by atoms with Crippen molar-refractivity contribution in [2.24, 2.45) is 0 Å². The van der Waals surface area contributed by atoms with Crippen molar-refractivity contribution in [3.8, 4) is 17.2 Å². The first-order chi connectivity index (χ1) is 14.8. The maximum Gasteiger partial charge on any atom is 1.00 e. The van der Waals surface area contributed by atoms with E-state index in [0.717, 1.165) is 24.6 Å². The Morgan fingerprint density at radius 2 is 1.28 bits per heavy atom. The molecule has 0 saturated heterocycles. The molecule has 0 atom stereocenters. The van der Waals surface area contributed by atoms with E-state index < -0.39 is 0 Å². The van der Waals surface area contributed by atoms with E-state index in [0.29, 0.717) is 51.2 Å². The number of rotatable bonds is 12. The van der Waals surface area contributed by atoms with E-state index in [1.165, 1.54) is 5.56 Å². The van der Waals surface area contributed by atoms with Gasteiger partial charge in [-0.05, 0) is 35.8 Å². The number of ether oxygens (including phenoxy) is 3. The summed E-state index contributed by atoms with van der Waals surface area (Å²) in [6.45, 7) is 14.5. The summed E-state index contributed by atoms with van der Waals surface area (Å²) in [7, 11) is 0.533. The second-order valence-corrected chi connectivity index (χ2v) is 9.63. The molecule has 0 bridgehead atoms. The fourth-order valence-electron chi connectivity index (χ4n) is 2.89. The normalized spacial score (nSPS) is 11.3. The fraction of sp³-hybridized carbons (Fsp3) is 0.500. The Morgan fingerprint density at radius 3 is 1.72 bits per heavy atom. The van der Waals surface area contributed by atoms with Crippen molar-refractivity contribution in [2.75, 3.05) is 19.8 Å². The van der Waals surface area contributed by atoms with Gasteiger partial charge in [-0.2, -0.15) is 0 Å². The molecule has 0 unspecified atom stereocenters. The van der Waals surface area contributed by atoms with Crippen LogP contribution in [0.2, 0.25) is 0 Å². The van der Waals surface area contributed by atoms with Crippen LogP contribution in [0.1, 0.15) is 76.7 Å². The third kappa shape index (κ3) is 8.47. The third-order valence-corrected chi connectivity index (χ3v) is 5.75. The van der Waals surface area contributed by atoms with Crippen LogP contribution in [-0.2, 0) is 5.41 Å². The average Bonchev–Trinajstić information content (AvgIpc) is 2.75. The minimum absolute atomic E-state index is 0. The summed E-state index contributed by atoms with van der Waals surface area (Å²) in [5.74, 6) is 2.02. The Balaban J connectivity index is 0.00000512. The van der Waals surface area contributed by atoms with E-state index >= 15 is 0 Å². The van der Waals surface area contributed by atoms with Crippen molar-refractivity contribution in [3.05, 3.63) is 47.5 Å². The summed E-state index contributed by atoms with van der Waals surface area (Å²) in [5, 5.41) is 0.760. The maximum atomic E-state index is 13.1. The van der Waals surface area contributed by atoms with Gasteiger partial charge in [0.15, 0.2) is 0 Å². The molecule has 0 saturated carbocycles. The summed E-state index contributed by atoms with van der Waals surface area (Å²) < 4.78 is 17.9. The monoisotopic (exact) mass is 450 g/mol. The minimum atomic E-state index is 0. The molecule has 0 amide bonds. The molecule has 6 heteroatoms. The second kappa shape index (κ2) is 13.9. The van der Waals surface area contributed by atoms with Crippen LogP contribution in [0.4, 0.5) is 0 Å². The zero-order valence-corrected chi connectivity index (χ0v) is 21.7. The van der Waals surface area contributed by atoms with Crippen LogP contribution in [0.5, 0.6) is 17.2 Å². The van der Waals surface area contributed by atoms with Gasteiger partial charge in [-0.15, -0.1) is 5.30 Å². The Hall–Kier alpha value is -1.46. The third-order valence-electron chi connectivity index (χ3n) is 4.62. The Labute approximate surface area is 207 Å². The zero-order chi connectivity index (χ0) is 22.9. The Kier molecular flexibility index (Phi) is 12.4. The van der Waals surface area contributed by atoms with Crippen LogP contribution in [-0.4, -0.2) is 25.3 Å². The zero-order valence-electron chi connectivity index (χ0n) is 20.8. The van der Waals surface area contributed by atoms with Crippen molar-refractivity contribution in [3.63, 3.8) is 0 Å². The van der Waals surface area contributed by atoms with Crippen molar-refractivity contribution in [2.45, 2.75) is 66.2 Å². The summed E-state index contributed by atoms with van der Waals surface area (Å²) in [6, 6.07) is 11.6. The van der Waals surface area contributed by atoms with Gasteiger partial charge >= 0.3 is 18.9 Å². The molecule has 2 aromatic rings. The number of hydrogen-bond donors (Lipinski definition) is 0. The predicted molar refractivity (Wildman–Crippen MR) is 130 cm³/mol. The number of carbonyl (C=O) groups excluding carboxylic acids is 1. The molecule has 0 aliphatic rings. The van der Waals surface area contributed by atoms with Gasteiger partial charge in [-0.3, -0.25) is 0 Å². The van der Waals surface area contributed by atoms with E-state index in [2.05, 4.69) is 41.5 Å². The molecular weight excluding hydrogens is 414 g/mol. The largest absolute Gasteiger partial charge is 1.00 e. The first-order valence-electron chi connectivity index (χ1n) is 11.2. The molecule has 0 heterocycles. The van der Waals surface area contributed by atoms with E-state index in [1.54, 1.807) is 0 Å². The van der Waals surface area contributed by atoms with Crippen molar-refractivity contribution >= 4 is 19.4 Å². The van der Waals surface area contributed by atoms with Gasteiger partial charge in [0, 0.05) is 17.7 Å². The van der Waals surface area contributed by atoms with Gasteiger partial charge in [-0.1, -0.05) is 65.8 Å². The van der Waals surface area contributed by atoms with Crippen LogP contribution < -0.4 is 38.4 Å². The molecule has 2 rings (SSSR count). The topological polar surface area (TPSA) is 44.8 Å². The SMILES string of the molecule is CCCOc1cc(OCCC)c([P-]C(=O)c2ccc(C(C)(C)C)cc2)c(OCCC)c1.[Li+]. The average molecular weight is 450 g/mol. The van der Waals surface area contributed by atoms with Crippen LogP contribution >= 0.6 is 8.58 Å². The molecule has 0 aliphatic carbocycles. The van der Waals surface area contributed by atoms with Crippen molar-refractivity contribution < 1.29 is 37.9 Å². The number of benzene rings is 2. The number of hydrogen-bond acceptors (Lipinski definition) is 4. The molecule has 0 spiro atoms. The van der Waals surface area contributed by atoms with E-state index in [-0.39, 0.29) is 29.8 Å². The van der Waals surface area contributed by atoms with Crippen LogP contribution in [0.3, 0.4) is 0 Å². The van der Waals surface area contributed by atoms with E-state index in [1.807, 2.05) is 36.4 Å². The predicted octanol–water partition coefficient (Wildman–Crippen LogP) is 3.77. The molecule has 2 aromatic carbocycles. The first-order valence-corrected chi connectivity index (χ1v) is 12.1. The van der Waals surface area contributed by atoms with Gasteiger partial charge in [0.05, 0.1) is 31.3 Å². The quantitative estimate of drug-likeness (QED) is 0.365. The second-order valence-electron chi connectivity index (χ2n) is 8.56. The van der Waals surface area contributed by atoms with Gasteiger partial charge in [-0.25, -0.2) is 0 Å². The van der Waals surface area contributed by atoms with Crippen LogP contribution in [0.25, 0.3) is 0 Å². The van der Waals surface area contributed by atoms with Gasteiger partial charge < -0.3 is 27.6 Å². The molecule has 4 nitrogen and oxygen atoms in total. The molecule has 0 aromatic heterocycles. The first kappa shape index (κ1) is 28.6. The smallest absolute Gasteiger partial charge is 0.496 e. The molecular formula is C26H36LiO4P. The van der Waals surface area contributed by atoms with Gasteiger partial charge in [0.25, 0.3) is 0 Å². The summed E-state index contributed by atoms with van der Waals surface area (Å²) in [6.07, 6.45) is 2.67. The van der Waals surface area contributed by atoms with Crippen molar-refractivity contribution in [1.29, 1.82) is 0 Å². The maximum absolute atomic E-state index is 13.1. The molecule has 0 radical (unpaired) electrons. The summed E-state index contributed by atoms with van der Waals surface area (Å²) in [4.78, 5) is 13.1. The van der Waals surface area contributed by atoms with Crippen molar-refractivity contribution in [1.82, 2.24) is 0 Å². The Morgan fingerprint density at radius 1 is 0.812 bits per heavy atom. The summed E-state index contributed by atoms with van der Waals surface area (Å²) >= 11 is 0. The minimum Gasteiger partial charge on any atom is -0.496 e.